The number of nitrogens with zero attached hydrogens (tertiary/aromatic N) is 1. The van der Waals surface area contributed by atoms with Crippen LogP contribution in [0.1, 0.15) is 6.93 Å². The van der Waals surface area contributed by atoms with E-state index in [9.17, 15) is 4.57 Å². The molecule has 0 aromatic heterocycles. The zero-order chi connectivity index (χ0) is 16.1. The molecule has 0 saturated heterocycles. The average Bonchev–Trinajstić information content (AvgIpc) is 2.64. The molecular formula is C19H16NOP. The Morgan fingerprint density at radius 1 is 0.727 bits per heavy atom. The van der Waals surface area contributed by atoms with Crippen molar-refractivity contribution in [2.45, 2.75) is 0 Å². The van der Waals surface area contributed by atoms with Crippen molar-refractivity contribution in [3.63, 3.8) is 0 Å². The molecule has 2 nitrogen and oxygen atoms in total. The number of hydrogen-bond acceptors (Lipinski definition) is 1. The van der Waals surface area contributed by atoms with Gasteiger partial charge >= 0.3 is 0 Å². The molecular weight excluding hydrogens is 289 g/mol. The molecule has 0 fully saturated rings. The molecule has 3 aromatic carbocycles. The third kappa shape index (κ3) is 3.08. The van der Waals surface area contributed by atoms with E-state index in [2.05, 4.69) is 4.76 Å². The van der Waals surface area contributed by atoms with Crippen molar-refractivity contribution in [2.24, 2.45) is 4.76 Å². The lowest BCUT2D eigenvalue weighted by Gasteiger charge is -2.14. The van der Waals surface area contributed by atoms with Gasteiger partial charge in [-0.3, -0.25) is 4.57 Å². The molecule has 0 saturated carbocycles. The second kappa shape index (κ2) is 6.55. The average molecular weight is 306 g/mol. The van der Waals surface area contributed by atoms with Gasteiger partial charge in [-0.15, -0.1) is 0 Å². The molecule has 0 aliphatic heterocycles. The highest BCUT2D eigenvalue weighted by molar-refractivity contribution is 7.77. The first-order valence-electron chi connectivity index (χ1n) is 7.54. The molecule has 0 amide bonds. The van der Waals surface area contributed by atoms with Crippen LogP contribution in [0.15, 0.2) is 95.8 Å². The van der Waals surface area contributed by atoms with Gasteiger partial charge in [0.2, 0.25) is 7.29 Å². The highest BCUT2D eigenvalue weighted by Gasteiger charge is 2.25. The van der Waals surface area contributed by atoms with Crippen LogP contribution in [0.4, 0.5) is 0 Å². The van der Waals surface area contributed by atoms with Gasteiger partial charge < -0.3 is 0 Å². The molecule has 0 spiro atoms. The van der Waals surface area contributed by atoms with Crippen LogP contribution in [-0.2, 0) is 4.57 Å². The molecule has 108 valence electrons. The van der Waals surface area contributed by atoms with Crippen LogP contribution >= 0.6 is 7.29 Å². The first kappa shape index (κ1) is 13.2. The Hall–Kier alpha value is -2.44. The minimum absolute atomic E-state index is 0.0293. The quantitative estimate of drug-likeness (QED) is 0.528. The van der Waals surface area contributed by atoms with Crippen LogP contribution in [0.5, 0.6) is 0 Å². The predicted octanol–water partition coefficient (Wildman–Crippen LogP) is 4.03. The summed E-state index contributed by atoms with van der Waals surface area (Å²) in [5, 5.41) is 1.26. The maximum Gasteiger partial charge on any atom is 0.247 e. The standard InChI is InChI=1S/C19H16NOP/c21-22(18-12-6-2-7-13-18,19-14-8-3-9-15-19)20-16-17-10-4-1-5-11-17/h1-16H/b20-16-/i16D. The normalized spacial score (nSPS) is 12.7. The molecule has 0 unspecified atom stereocenters. The molecule has 3 rings (SSSR count). The first-order chi connectivity index (χ1) is 11.2. The van der Waals surface area contributed by atoms with Gasteiger partial charge in [0.1, 0.15) is 0 Å². The molecule has 22 heavy (non-hydrogen) atoms. The summed E-state index contributed by atoms with van der Waals surface area (Å²) in [7, 11) is -3.25. The fraction of sp³-hybridized carbons (Fsp3) is 0. The maximum absolute atomic E-state index is 13.7. The topological polar surface area (TPSA) is 29.4 Å². The SMILES string of the molecule is [2H]/C(=N/P(=O)(c1ccccc1)c1ccccc1)c1ccccc1. The minimum atomic E-state index is -3.25. The van der Waals surface area contributed by atoms with Crippen LogP contribution in [0, 0.1) is 0 Å². The van der Waals surface area contributed by atoms with E-state index in [1.807, 2.05) is 54.6 Å². The molecule has 0 aliphatic rings. The van der Waals surface area contributed by atoms with Gasteiger partial charge in [-0.2, -0.15) is 0 Å². The Balaban J connectivity index is 2.16. The zero-order valence-electron chi connectivity index (χ0n) is 13.0. The fourth-order valence-electron chi connectivity index (χ4n) is 2.17. The van der Waals surface area contributed by atoms with Gasteiger partial charge in [-0.1, -0.05) is 66.7 Å². The van der Waals surface area contributed by atoms with Crippen molar-refractivity contribution >= 4 is 24.1 Å². The fourth-order valence-corrected chi connectivity index (χ4v) is 4.10. The highest BCUT2D eigenvalue weighted by atomic mass is 31.2. The van der Waals surface area contributed by atoms with Crippen LogP contribution in [-0.4, -0.2) is 6.19 Å². The summed E-state index contributed by atoms with van der Waals surface area (Å²) in [5.74, 6) is 0. The highest BCUT2D eigenvalue weighted by Crippen LogP contribution is 2.44. The summed E-state index contributed by atoms with van der Waals surface area (Å²) in [6, 6.07) is 27.5. The van der Waals surface area contributed by atoms with Crippen molar-refractivity contribution in [3.05, 3.63) is 96.6 Å². The van der Waals surface area contributed by atoms with E-state index < -0.39 is 7.29 Å². The summed E-state index contributed by atoms with van der Waals surface area (Å²) in [6.45, 7) is 0. The Morgan fingerprint density at radius 2 is 1.14 bits per heavy atom. The lowest BCUT2D eigenvalue weighted by molar-refractivity contribution is 0.588. The summed E-state index contributed by atoms with van der Waals surface area (Å²) in [4.78, 5) is 0. The van der Waals surface area contributed by atoms with E-state index in [0.29, 0.717) is 16.2 Å². The van der Waals surface area contributed by atoms with Gasteiger partial charge in [0.15, 0.2) is 0 Å². The molecule has 0 bridgehead atoms. The molecule has 0 atom stereocenters. The first-order valence-corrected chi connectivity index (χ1v) is 8.70. The second-order valence-electron chi connectivity index (χ2n) is 4.82. The Morgan fingerprint density at radius 3 is 1.59 bits per heavy atom. The van der Waals surface area contributed by atoms with E-state index >= 15 is 0 Å². The summed E-state index contributed by atoms with van der Waals surface area (Å²) >= 11 is 0. The van der Waals surface area contributed by atoms with Crippen LogP contribution < -0.4 is 10.6 Å². The maximum atomic E-state index is 13.7. The van der Waals surface area contributed by atoms with E-state index in [1.165, 1.54) is 0 Å². The third-order valence-corrected chi connectivity index (χ3v) is 5.68. The minimum Gasteiger partial charge on any atom is -0.288 e. The number of rotatable bonds is 4. The lowest BCUT2D eigenvalue weighted by atomic mass is 10.2. The van der Waals surface area contributed by atoms with Crippen molar-refractivity contribution in [2.75, 3.05) is 0 Å². The molecule has 0 heterocycles. The van der Waals surface area contributed by atoms with Crippen LogP contribution in [0.25, 0.3) is 0 Å². The van der Waals surface area contributed by atoms with Crippen molar-refractivity contribution < 1.29 is 5.94 Å². The Kier molecular flexibility index (Phi) is 3.94. The lowest BCUT2D eigenvalue weighted by Crippen LogP contribution is -2.14. The molecule has 0 N–H and O–H groups in total. The van der Waals surface area contributed by atoms with E-state index in [0.717, 1.165) is 0 Å². The van der Waals surface area contributed by atoms with Crippen molar-refractivity contribution in [1.82, 2.24) is 0 Å². The van der Waals surface area contributed by atoms with Gasteiger partial charge in [0.25, 0.3) is 0 Å². The summed E-state index contributed by atoms with van der Waals surface area (Å²) in [6.07, 6.45) is 0.0293. The monoisotopic (exact) mass is 306 g/mol. The molecule has 0 aliphatic carbocycles. The van der Waals surface area contributed by atoms with E-state index in [4.69, 9.17) is 1.37 Å². The van der Waals surface area contributed by atoms with Crippen molar-refractivity contribution in [1.29, 1.82) is 0 Å². The predicted molar refractivity (Wildman–Crippen MR) is 93.8 cm³/mol. The van der Waals surface area contributed by atoms with Crippen molar-refractivity contribution in [3.8, 4) is 0 Å². The van der Waals surface area contributed by atoms with Gasteiger partial charge in [-0.25, -0.2) is 4.76 Å². The Bertz CT molecular complexity index is 805. The van der Waals surface area contributed by atoms with E-state index in [1.54, 1.807) is 36.4 Å². The van der Waals surface area contributed by atoms with Gasteiger partial charge in [0.05, 0.1) is 1.37 Å². The van der Waals surface area contributed by atoms with Crippen LogP contribution in [0.3, 0.4) is 0 Å². The summed E-state index contributed by atoms with van der Waals surface area (Å²) in [5.41, 5.74) is 0.652. The molecule has 0 radical (unpaired) electrons. The number of hydrogen-bond donors (Lipinski definition) is 0. The zero-order valence-corrected chi connectivity index (χ0v) is 12.9. The third-order valence-electron chi connectivity index (χ3n) is 3.31. The largest absolute Gasteiger partial charge is 0.288 e. The molecule has 3 heteroatoms. The smallest absolute Gasteiger partial charge is 0.247 e. The van der Waals surface area contributed by atoms with E-state index in [-0.39, 0.29) is 6.19 Å². The molecule has 3 aromatic rings. The van der Waals surface area contributed by atoms with Gasteiger partial charge in [-0.05, 0) is 29.8 Å². The van der Waals surface area contributed by atoms with Crippen LogP contribution in [0.2, 0.25) is 0 Å². The second-order valence-corrected chi connectivity index (χ2v) is 7.21. The number of benzene rings is 3. The summed E-state index contributed by atoms with van der Waals surface area (Å²) < 4.78 is 26.3. The van der Waals surface area contributed by atoms with Gasteiger partial charge in [0, 0.05) is 16.8 Å². The Labute approximate surface area is 132 Å².